The molecule has 1 rings (SSSR count). The van der Waals surface area contributed by atoms with E-state index < -0.39 is 0 Å². The van der Waals surface area contributed by atoms with Gasteiger partial charge in [0.15, 0.2) is 0 Å². The standard InChI is InChI=1S/C8H16FNO/c9-3-4-10-7-8-1-5-11-6-2-8/h8,10H,1-7H2. The molecular weight excluding hydrogens is 145 g/mol. The maximum absolute atomic E-state index is 11.7. The molecule has 0 bridgehead atoms. The van der Waals surface area contributed by atoms with Gasteiger partial charge in [-0.15, -0.1) is 0 Å². The Balaban J connectivity index is 1.96. The molecule has 0 spiro atoms. The molecule has 2 nitrogen and oxygen atoms in total. The summed E-state index contributed by atoms with van der Waals surface area (Å²) in [5.41, 5.74) is 0. The third-order valence-corrected chi connectivity index (χ3v) is 2.05. The van der Waals surface area contributed by atoms with E-state index in [1.165, 1.54) is 0 Å². The summed E-state index contributed by atoms with van der Waals surface area (Å²) in [4.78, 5) is 0. The lowest BCUT2D eigenvalue weighted by atomic mass is 10.0. The third kappa shape index (κ3) is 3.68. The smallest absolute Gasteiger partial charge is 0.102 e. The first-order valence-electron chi connectivity index (χ1n) is 4.28. The van der Waals surface area contributed by atoms with Crippen molar-refractivity contribution in [2.75, 3.05) is 33.0 Å². The lowest BCUT2D eigenvalue weighted by Gasteiger charge is -2.21. The molecular formula is C8H16FNO. The van der Waals surface area contributed by atoms with Gasteiger partial charge in [-0.3, -0.25) is 0 Å². The Kier molecular flexibility index (Phi) is 4.47. The maximum Gasteiger partial charge on any atom is 0.102 e. The highest BCUT2D eigenvalue weighted by molar-refractivity contribution is 4.65. The summed E-state index contributed by atoms with van der Waals surface area (Å²) in [6, 6.07) is 0. The molecule has 3 heteroatoms. The minimum absolute atomic E-state index is 0.261. The fourth-order valence-electron chi connectivity index (χ4n) is 1.32. The molecule has 0 aromatic rings. The molecule has 1 aliphatic rings. The Morgan fingerprint density at radius 1 is 1.36 bits per heavy atom. The maximum atomic E-state index is 11.7. The summed E-state index contributed by atoms with van der Waals surface area (Å²) < 4.78 is 16.9. The van der Waals surface area contributed by atoms with Crippen LogP contribution in [-0.4, -0.2) is 33.0 Å². The second-order valence-electron chi connectivity index (χ2n) is 2.95. The summed E-state index contributed by atoms with van der Waals surface area (Å²) >= 11 is 0. The Bertz CT molecular complexity index is 94.1. The molecule has 0 amide bonds. The number of halogens is 1. The van der Waals surface area contributed by atoms with Crippen molar-refractivity contribution in [1.82, 2.24) is 5.32 Å². The van der Waals surface area contributed by atoms with Crippen molar-refractivity contribution >= 4 is 0 Å². The van der Waals surface area contributed by atoms with E-state index in [0.717, 1.165) is 32.6 Å². The first kappa shape index (κ1) is 8.94. The van der Waals surface area contributed by atoms with Crippen molar-refractivity contribution in [1.29, 1.82) is 0 Å². The van der Waals surface area contributed by atoms with E-state index in [2.05, 4.69) is 5.32 Å². The first-order chi connectivity index (χ1) is 5.43. The topological polar surface area (TPSA) is 21.3 Å². The Morgan fingerprint density at radius 2 is 2.09 bits per heavy atom. The molecule has 0 atom stereocenters. The van der Waals surface area contributed by atoms with E-state index in [-0.39, 0.29) is 6.67 Å². The first-order valence-corrected chi connectivity index (χ1v) is 4.28. The number of hydrogen-bond acceptors (Lipinski definition) is 2. The predicted octanol–water partition coefficient (Wildman–Crippen LogP) is 0.972. The van der Waals surface area contributed by atoms with Gasteiger partial charge in [-0.05, 0) is 25.3 Å². The van der Waals surface area contributed by atoms with Gasteiger partial charge in [0.25, 0.3) is 0 Å². The molecule has 1 aliphatic heterocycles. The van der Waals surface area contributed by atoms with Gasteiger partial charge < -0.3 is 10.1 Å². The highest BCUT2D eigenvalue weighted by Gasteiger charge is 2.12. The second kappa shape index (κ2) is 5.49. The van der Waals surface area contributed by atoms with Crippen LogP contribution in [0.5, 0.6) is 0 Å². The van der Waals surface area contributed by atoms with Crippen LogP contribution < -0.4 is 5.32 Å². The number of rotatable bonds is 4. The van der Waals surface area contributed by atoms with Crippen molar-refractivity contribution in [3.63, 3.8) is 0 Å². The quantitative estimate of drug-likeness (QED) is 0.620. The van der Waals surface area contributed by atoms with Crippen molar-refractivity contribution in [2.45, 2.75) is 12.8 Å². The summed E-state index contributed by atoms with van der Waals surface area (Å²) in [5, 5.41) is 3.07. The molecule has 0 saturated carbocycles. The zero-order chi connectivity index (χ0) is 7.94. The Labute approximate surface area is 67.1 Å². The summed E-state index contributed by atoms with van der Waals surface area (Å²) in [6.07, 6.45) is 2.25. The molecule has 0 aliphatic carbocycles. The molecule has 1 heterocycles. The number of ether oxygens (including phenoxy) is 1. The van der Waals surface area contributed by atoms with Crippen LogP contribution in [0.3, 0.4) is 0 Å². The molecule has 11 heavy (non-hydrogen) atoms. The number of hydrogen-bond donors (Lipinski definition) is 1. The Morgan fingerprint density at radius 3 is 2.73 bits per heavy atom. The van der Waals surface area contributed by atoms with Gasteiger partial charge >= 0.3 is 0 Å². The van der Waals surface area contributed by atoms with Crippen LogP contribution in [-0.2, 0) is 4.74 Å². The van der Waals surface area contributed by atoms with Crippen LogP contribution >= 0.6 is 0 Å². The predicted molar refractivity (Wildman–Crippen MR) is 42.4 cm³/mol. The van der Waals surface area contributed by atoms with Gasteiger partial charge in [-0.1, -0.05) is 0 Å². The van der Waals surface area contributed by atoms with E-state index >= 15 is 0 Å². The van der Waals surface area contributed by atoms with Crippen LogP contribution in [0.15, 0.2) is 0 Å². The van der Waals surface area contributed by atoms with Crippen LogP contribution in [0.2, 0.25) is 0 Å². The largest absolute Gasteiger partial charge is 0.381 e. The van der Waals surface area contributed by atoms with Crippen molar-refractivity contribution in [2.24, 2.45) is 5.92 Å². The molecule has 1 saturated heterocycles. The molecule has 66 valence electrons. The molecule has 0 unspecified atom stereocenters. The monoisotopic (exact) mass is 161 g/mol. The lowest BCUT2D eigenvalue weighted by Crippen LogP contribution is -2.28. The van der Waals surface area contributed by atoms with Crippen LogP contribution in [0.4, 0.5) is 4.39 Å². The molecule has 0 aromatic heterocycles. The van der Waals surface area contributed by atoms with E-state index in [4.69, 9.17) is 4.74 Å². The summed E-state index contributed by atoms with van der Waals surface area (Å²) in [6.45, 7) is 2.94. The van der Waals surface area contributed by atoms with Gasteiger partial charge in [0.05, 0.1) is 0 Å². The minimum atomic E-state index is -0.261. The van der Waals surface area contributed by atoms with Gasteiger partial charge in [-0.2, -0.15) is 0 Å². The van der Waals surface area contributed by atoms with Crippen LogP contribution in [0, 0.1) is 5.92 Å². The zero-order valence-electron chi connectivity index (χ0n) is 6.81. The van der Waals surface area contributed by atoms with E-state index in [0.29, 0.717) is 12.5 Å². The Hall–Kier alpha value is -0.150. The zero-order valence-corrected chi connectivity index (χ0v) is 6.81. The average Bonchev–Trinajstić information content (AvgIpc) is 2.07. The summed E-state index contributed by atoms with van der Waals surface area (Å²) in [7, 11) is 0. The van der Waals surface area contributed by atoms with Crippen molar-refractivity contribution in [3.05, 3.63) is 0 Å². The summed E-state index contributed by atoms with van der Waals surface area (Å²) in [5.74, 6) is 0.704. The van der Waals surface area contributed by atoms with Crippen LogP contribution in [0.25, 0.3) is 0 Å². The van der Waals surface area contributed by atoms with Gasteiger partial charge in [0.2, 0.25) is 0 Å². The molecule has 1 N–H and O–H groups in total. The highest BCUT2D eigenvalue weighted by Crippen LogP contribution is 2.12. The second-order valence-corrected chi connectivity index (χ2v) is 2.95. The van der Waals surface area contributed by atoms with Crippen molar-refractivity contribution < 1.29 is 9.13 Å². The van der Waals surface area contributed by atoms with Crippen molar-refractivity contribution in [3.8, 4) is 0 Å². The van der Waals surface area contributed by atoms with E-state index in [1.807, 2.05) is 0 Å². The lowest BCUT2D eigenvalue weighted by molar-refractivity contribution is 0.0663. The minimum Gasteiger partial charge on any atom is -0.381 e. The average molecular weight is 161 g/mol. The fourth-order valence-corrected chi connectivity index (χ4v) is 1.32. The van der Waals surface area contributed by atoms with Gasteiger partial charge in [0, 0.05) is 19.8 Å². The van der Waals surface area contributed by atoms with E-state index in [9.17, 15) is 4.39 Å². The van der Waals surface area contributed by atoms with Gasteiger partial charge in [0.1, 0.15) is 6.67 Å². The normalized spacial score (nSPS) is 20.5. The van der Waals surface area contributed by atoms with E-state index in [1.54, 1.807) is 0 Å². The fraction of sp³-hybridized carbons (Fsp3) is 1.00. The SMILES string of the molecule is FCCNCC1CCOCC1. The van der Waals surface area contributed by atoms with Gasteiger partial charge in [-0.25, -0.2) is 4.39 Å². The third-order valence-electron chi connectivity index (χ3n) is 2.05. The van der Waals surface area contributed by atoms with Crippen LogP contribution in [0.1, 0.15) is 12.8 Å². The molecule has 0 aromatic carbocycles. The molecule has 0 radical (unpaired) electrons. The highest BCUT2D eigenvalue weighted by atomic mass is 19.1. The number of alkyl halides is 1. The molecule has 1 fully saturated rings. The number of nitrogens with one attached hydrogen (secondary N) is 1.